The van der Waals surface area contributed by atoms with Gasteiger partial charge in [-0.25, -0.2) is 0 Å². The fraction of sp³-hybridized carbons (Fsp3) is 0.190. The van der Waals surface area contributed by atoms with Crippen LogP contribution < -0.4 is 10.3 Å². The first-order chi connectivity index (χ1) is 13.8. The third kappa shape index (κ3) is 4.33. The second-order valence-electron chi connectivity index (χ2n) is 6.51. The van der Waals surface area contributed by atoms with Gasteiger partial charge in [0, 0.05) is 35.7 Å². The number of H-pyrrole nitrogens is 1. The molecule has 8 heteroatoms. The number of aromatic amines is 1. The average Bonchev–Trinajstić information content (AvgIpc) is 2.70. The molecular formula is C21H20BrN3O3S. The van der Waals surface area contributed by atoms with Crippen LogP contribution in [-0.4, -0.2) is 34.5 Å². The van der Waals surface area contributed by atoms with E-state index in [0.29, 0.717) is 40.1 Å². The van der Waals surface area contributed by atoms with Gasteiger partial charge in [-0.1, -0.05) is 22.0 Å². The highest BCUT2D eigenvalue weighted by molar-refractivity contribution is 9.10. The maximum atomic E-state index is 13.0. The molecule has 1 heterocycles. The molecule has 0 fully saturated rings. The van der Waals surface area contributed by atoms with Crippen molar-refractivity contribution in [3.05, 3.63) is 79.8 Å². The van der Waals surface area contributed by atoms with Gasteiger partial charge in [0.2, 0.25) is 0 Å². The first-order valence-corrected chi connectivity index (χ1v) is 10.0. The molecule has 0 aliphatic heterocycles. The monoisotopic (exact) mass is 473 g/mol. The molecule has 0 spiro atoms. The van der Waals surface area contributed by atoms with Crippen LogP contribution in [0, 0.1) is 4.77 Å². The lowest BCUT2D eigenvalue weighted by Gasteiger charge is -2.19. The van der Waals surface area contributed by atoms with E-state index in [4.69, 9.17) is 17.0 Å². The van der Waals surface area contributed by atoms with Crippen LogP contribution in [-0.2, 0) is 13.1 Å². The average molecular weight is 474 g/mol. The lowest BCUT2D eigenvalue weighted by atomic mass is 10.1. The van der Waals surface area contributed by atoms with Gasteiger partial charge in [0.25, 0.3) is 11.5 Å². The van der Waals surface area contributed by atoms with Gasteiger partial charge in [-0.3, -0.25) is 14.2 Å². The number of nitrogens with zero attached hydrogens (tertiary/aromatic N) is 2. The summed E-state index contributed by atoms with van der Waals surface area (Å²) in [6.07, 6.45) is 1.61. The molecule has 0 aliphatic rings. The minimum absolute atomic E-state index is 0.177. The van der Waals surface area contributed by atoms with Gasteiger partial charge in [-0.05, 0) is 48.6 Å². The van der Waals surface area contributed by atoms with Gasteiger partial charge in [-0.15, -0.1) is 6.58 Å². The first-order valence-electron chi connectivity index (χ1n) is 8.81. The number of amides is 1. The Labute approximate surface area is 181 Å². The molecule has 2 aromatic carbocycles. The number of methoxy groups -OCH3 is 1. The summed E-state index contributed by atoms with van der Waals surface area (Å²) in [6.45, 7) is 4.34. The van der Waals surface area contributed by atoms with E-state index in [0.717, 1.165) is 10.0 Å². The SMILES string of the molecule is C=CCn1c(=S)[nH]c2cc(C(=O)N(C)Cc3cc(Br)ccc3OC)ccc2c1=O. The Morgan fingerprint density at radius 1 is 1.34 bits per heavy atom. The zero-order valence-electron chi connectivity index (χ0n) is 16.1. The molecular weight excluding hydrogens is 454 g/mol. The normalized spacial score (nSPS) is 10.7. The maximum Gasteiger partial charge on any atom is 0.262 e. The number of hydrogen-bond donors (Lipinski definition) is 1. The zero-order valence-corrected chi connectivity index (χ0v) is 18.5. The van der Waals surface area contributed by atoms with E-state index >= 15 is 0 Å². The quantitative estimate of drug-likeness (QED) is 0.428. The standard InChI is InChI=1S/C21H20BrN3O3S/c1-4-9-25-20(27)16-7-5-13(11-17(16)23-21(25)29)19(26)24(2)12-14-10-15(22)6-8-18(14)28-3/h4-8,10-11H,1,9,12H2,2-3H3,(H,23,29). The molecule has 6 nitrogen and oxygen atoms in total. The number of fused-ring (bicyclic) bond motifs is 1. The summed E-state index contributed by atoms with van der Waals surface area (Å²) in [5.74, 6) is 0.529. The van der Waals surface area contributed by atoms with Crippen LogP contribution in [0.1, 0.15) is 15.9 Å². The fourth-order valence-corrected chi connectivity index (χ4v) is 3.78. The highest BCUT2D eigenvalue weighted by Gasteiger charge is 2.16. The van der Waals surface area contributed by atoms with Crippen molar-refractivity contribution in [1.29, 1.82) is 0 Å². The van der Waals surface area contributed by atoms with E-state index in [-0.39, 0.29) is 11.5 Å². The Bertz CT molecular complexity index is 1220. The predicted octanol–water partition coefficient (Wildman–Crippen LogP) is 4.29. The minimum atomic E-state index is -0.213. The van der Waals surface area contributed by atoms with E-state index in [2.05, 4.69) is 27.5 Å². The lowest BCUT2D eigenvalue weighted by Crippen LogP contribution is -2.27. The van der Waals surface area contributed by atoms with Crippen LogP contribution in [0.4, 0.5) is 0 Å². The molecule has 0 saturated carbocycles. The molecule has 29 heavy (non-hydrogen) atoms. The van der Waals surface area contributed by atoms with Crippen LogP contribution in [0.2, 0.25) is 0 Å². The number of nitrogens with one attached hydrogen (secondary N) is 1. The first kappa shape index (κ1) is 21.0. The van der Waals surface area contributed by atoms with Crippen LogP contribution >= 0.6 is 28.1 Å². The topological polar surface area (TPSA) is 67.3 Å². The molecule has 0 unspecified atom stereocenters. The molecule has 0 saturated heterocycles. The van der Waals surface area contributed by atoms with E-state index in [1.54, 1.807) is 43.3 Å². The second kappa shape index (κ2) is 8.75. The molecule has 0 atom stereocenters. The van der Waals surface area contributed by atoms with Crippen molar-refractivity contribution in [3.8, 4) is 5.75 Å². The Hall–Kier alpha value is -2.71. The van der Waals surface area contributed by atoms with Crippen LogP contribution in [0.3, 0.4) is 0 Å². The second-order valence-corrected chi connectivity index (χ2v) is 7.81. The Morgan fingerprint density at radius 2 is 2.10 bits per heavy atom. The van der Waals surface area contributed by atoms with Crippen molar-refractivity contribution in [2.75, 3.05) is 14.2 Å². The lowest BCUT2D eigenvalue weighted by molar-refractivity contribution is 0.0784. The largest absolute Gasteiger partial charge is 0.496 e. The van der Waals surface area contributed by atoms with Crippen LogP contribution in [0.5, 0.6) is 5.75 Å². The number of allylic oxidation sites excluding steroid dienone is 1. The summed E-state index contributed by atoms with van der Waals surface area (Å²) in [5.41, 5.74) is 1.65. The van der Waals surface area contributed by atoms with Gasteiger partial charge >= 0.3 is 0 Å². The summed E-state index contributed by atoms with van der Waals surface area (Å²) in [5, 5.41) is 0.466. The van der Waals surface area contributed by atoms with E-state index < -0.39 is 0 Å². The highest BCUT2D eigenvalue weighted by Crippen LogP contribution is 2.24. The van der Waals surface area contributed by atoms with Gasteiger partial charge in [0.15, 0.2) is 4.77 Å². The summed E-state index contributed by atoms with van der Waals surface area (Å²) < 4.78 is 8.01. The molecule has 0 aliphatic carbocycles. The van der Waals surface area contributed by atoms with Crippen molar-refractivity contribution in [2.24, 2.45) is 0 Å². The number of halogens is 1. The van der Waals surface area contributed by atoms with Gasteiger partial charge in [0.1, 0.15) is 5.75 Å². The molecule has 3 aromatic rings. The van der Waals surface area contributed by atoms with Gasteiger partial charge in [-0.2, -0.15) is 0 Å². The third-order valence-corrected chi connectivity index (χ3v) is 5.35. The van der Waals surface area contributed by atoms with Crippen molar-refractivity contribution in [3.63, 3.8) is 0 Å². The van der Waals surface area contributed by atoms with Crippen molar-refractivity contribution >= 4 is 45.0 Å². The number of hydrogen-bond acceptors (Lipinski definition) is 4. The van der Waals surface area contributed by atoms with Gasteiger partial charge in [0.05, 0.1) is 18.0 Å². The van der Waals surface area contributed by atoms with E-state index in [9.17, 15) is 9.59 Å². The Balaban J connectivity index is 1.94. The number of carbonyl (C=O) groups excluding carboxylic acids is 1. The molecule has 0 radical (unpaired) electrons. The molecule has 1 aromatic heterocycles. The van der Waals surface area contributed by atoms with Crippen LogP contribution in [0.25, 0.3) is 10.9 Å². The third-order valence-electron chi connectivity index (χ3n) is 4.54. The fourth-order valence-electron chi connectivity index (χ4n) is 3.10. The molecule has 1 N–H and O–H groups in total. The summed E-state index contributed by atoms with van der Waals surface area (Å²) in [7, 11) is 3.32. The zero-order chi connectivity index (χ0) is 21.1. The molecule has 1 amide bonds. The minimum Gasteiger partial charge on any atom is -0.496 e. The van der Waals surface area contributed by atoms with Crippen molar-refractivity contribution in [1.82, 2.24) is 14.5 Å². The van der Waals surface area contributed by atoms with Crippen LogP contribution in [0.15, 0.2) is 58.3 Å². The Kier molecular flexibility index (Phi) is 6.34. The summed E-state index contributed by atoms with van der Waals surface area (Å²) in [4.78, 5) is 30.2. The molecule has 3 rings (SSSR count). The molecule has 150 valence electrons. The predicted molar refractivity (Wildman–Crippen MR) is 120 cm³/mol. The number of benzene rings is 2. The Morgan fingerprint density at radius 3 is 2.79 bits per heavy atom. The van der Waals surface area contributed by atoms with Gasteiger partial charge < -0.3 is 14.6 Å². The van der Waals surface area contributed by atoms with Crippen molar-refractivity contribution in [2.45, 2.75) is 13.1 Å². The highest BCUT2D eigenvalue weighted by atomic mass is 79.9. The maximum absolute atomic E-state index is 13.0. The summed E-state index contributed by atoms with van der Waals surface area (Å²) in [6, 6.07) is 10.6. The number of carbonyl (C=O) groups is 1. The van der Waals surface area contributed by atoms with E-state index in [1.807, 2.05) is 18.2 Å². The number of aromatic nitrogens is 2. The smallest absolute Gasteiger partial charge is 0.262 e. The number of rotatable bonds is 6. The van der Waals surface area contributed by atoms with Crippen molar-refractivity contribution < 1.29 is 9.53 Å². The number of ether oxygens (including phenoxy) is 1. The van der Waals surface area contributed by atoms with E-state index in [1.165, 1.54) is 4.57 Å². The molecule has 0 bridgehead atoms. The summed E-state index contributed by atoms with van der Waals surface area (Å²) >= 11 is 8.71.